The Hall–Kier alpha value is -1.53. The summed E-state index contributed by atoms with van der Waals surface area (Å²) in [5.74, 6) is 1.77. The largest absolute Gasteiger partial charge is 0.348 e. The van der Waals surface area contributed by atoms with Crippen molar-refractivity contribution < 1.29 is 4.79 Å². The van der Waals surface area contributed by atoms with Crippen LogP contribution in [0.3, 0.4) is 0 Å². The number of fused-ring (bicyclic) bond motifs is 1. The van der Waals surface area contributed by atoms with Crippen molar-refractivity contribution in [1.82, 2.24) is 14.9 Å². The molecule has 3 rings (SSSR count). The molecule has 0 aliphatic heterocycles. The predicted octanol–water partition coefficient (Wildman–Crippen LogP) is 2.29. The van der Waals surface area contributed by atoms with Crippen LogP contribution in [0.4, 0.5) is 0 Å². The average Bonchev–Trinajstić information content (AvgIpc) is 3.14. The third kappa shape index (κ3) is 3.38. The van der Waals surface area contributed by atoms with E-state index in [2.05, 4.69) is 10.3 Å². The zero-order valence-electron chi connectivity index (χ0n) is 13.5. The molecule has 0 saturated heterocycles. The number of hydrogen-bond acceptors (Lipinski definition) is 4. The molecule has 0 atom stereocenters. The van der Waals surface area contributed by atoms with E-state index in [1.165, 1.54) is 0 Å². The number of aromatic nitrogens is 2. The quantitative estimate of drug-likeness (QED) is 0.851. The second-order valence-corrected chi connectivity index (χ2v) is 7.14. The second kappa shape index (κ2) is 6.93. The Morgan fingerprint density at radius 1 is 1.39 bits per heavy atom. The van der Waals surface area contributed by atoms with Crippen LogP contribution in [0.5, 0.6) is 0 Å². The van der Waals surface area contributed by atoms with Gasteiger partial charge in [0, 0.05) is 6.54 Å². The fourth-order valence-corrected chi connectivity index (χ4v) is 3.93. The summed E-state index contributed by atoms with van der Waals surface area (Å²) in [6, 6.07) is 7.98. The van der Waals surface area contributed by atoms with Crippen molar-refractivity contribution >= 4 is 28.7 Å². The number of amides is 1. The highest BCUT2D eigenvalue weighted by atomic mass is 32.2. The molecule has 5 nitrogen and oxygen atoms in total. The first kappa shape index (κ1) is 16.3. The molecule has 1 aromatic heterocycles. The van der Waals surface area contributed by atoms with Gasteiger partial charge in [0.15, 0.2) is 0 Å². The van der Waals surface area contributed by atoms with Gasteiger partial charge in [0.2, 0.25) is 5.91 Å². The SMILES string of the molecule is CSCc1nc2ccccc2n1CC(=O)NC1(CN)CCCC1. The van der Waals surface area contributed by atoms with Crippen LogP contribution in [0.2, 0.25) is 0 Å². The molecule has 23 heavy (non-hydrogen) atoms. The van der Waals surface area contributed by atoms with E-state index in [1.54, 1.807) is 11.8 Å². The van der Waals surface area contributed by atoms with Crippen molar-refractivity contribution in [3.63, 3.8) is 0 Å². The number of thioether (sulfide) groups is 1. The summed E-state index contributed by atoms with van der Waals surface area (Å²) in [5, 5.41) is 3.20. The zero-order valence-corrected chi connectivity index (χ0v) is 14.4. The van der Waals surface area contributed by atoms with Gasteiger partial charge in [-0.1, -0.05) is 25.0 Å². The Kier molecular flexibility index (Phi) is 4.92. The summed E-state index contributed by atoms with van der Waals surface area (Å²) in [5.41, 5.74) is 7.68. The maximum Gasteiger partial charge on any atom is 0.240 e. The molecule has 0 radical (unpaired) electrons. The highest BCUT2D eigenvalue weighted by Gasteiger charge is 2.33. The molecule has 1 aromatic carbocycles. The van der Waals surface area contributed by atoms with Crippen molar-refractivity contribution in [3.05, 3.63) is 30.1 Å². The number of nitrogens with two attached hydrogens (primary N) is 1. The van der Waals surface area contributed by atoms with Crippen LogP contribution in [-0.4, -0.2) is 33.8 Å². The topological polar surface area (TPSA) is 72.9 Å². The van der Waals surface area contributed by atoms with Crippen LogP contribution in [0.25, 0.3) is 11.0 Å². The maximum atomic E-state index is 12.6. The molecule has 0 unspecified atom stereocenters. The molecule has 1 amide bonds. The van der Waals surface area contributed by atoms with E-state index >= 15 is 0 Å². The molecule has 2 aromatic rings. The van der Waals surface area contributed by atoms with Gasteiger partial charge in [-0.25, -0.2) is 4.98 Å². The first-order valence-corrected chi connectivity index (χ1v) is 9.51. The van der Waals surface area contributed by atoms with Crippen LogP contribution >= 0.6 is 11.8 Å². The van der Waals surface area contributed by atoms with Gasteiger partial charge in [-0.3, -0.25) is 4.79 Å². The average molecular weight is 332 g/mol. The van der Waals surface area contributed by atoms with Crippen LogP contribution in [0.15, 0.2) is 24.3 Å². The number of imidazole rings is 1. The van der Waals surface area contributed by atoms with Gasteiger partial charge in [-0.05, 0) is 31.2 Å². The zero-order chi connectivity index (χ0) is 16.3. The Morgan fingerprint density at radius 3 is 2.83 bits per heavy atom. The Bertz CT molecular complexity index is 691. The van der Waals surface area contributed by atoms with E-state index in [1.807, 2.05) is 35.1 Å². The smallest absolute Gasteiger partial charge is 0.240 e. The fraction of sp³-hybridized carbons (Fsp3) is 0.529. The van der Waals surface area contributed by atoms with E-state index in [-0.39, 0.29) is 11.4 Å². The Labute approximate surface area is 141 Å². The molecular weight excluding hydrogens is 308 g/mol. The molecule has 1 fully saturated rings. The van der Waals surface area contributed by atoms with E-state index in [4.69, 9.17) is 5.73 Å². The molecule has 1 saturated carbocycles. The third-order valence-electron chi connectivity index (χ3n) is 4.66. The summed E-state index contributed by atoms with van der Waals surface area (Å²) >= 11 is 1.71. The van der Waals surface area contributed by atoms with Crippen LogP contribution in [0.1, 0.15) is 31.5 Å². The molecular formula is C17H24N4OS. The number of hydrogen-bond donors (Lipinski definition) is 2. The van der Waals surface area contributed by atoms with Crippen LogP contribution in [0, 0.1) is 0 Å². The summed E-state index contributed by atoms with van der Waals surface area (Å²) in [4.78, 5) is 17.3. The first-order chi connectivity index (χ1) is 11.2. The standard InChI is InChI=1S/C17H24N4OS/c1-23-11-15-19-13-6-2-3-7-14(13)21(15)10-16(22)20-17(12-18)8-4-5-9-17/h2-3,6-7H,4-5,8-12,18H2,1H3,(H,20,22). The monoisotopic (exact) mass is 332 g/mol. The number of carbonyl (C=O) groups is 1. The summed E-state index contributed by atoms with van der Waals surface area (Å²) < 4.78 is 2.03. The van der Waals surface area contributed by atoms with E-state index < -0.39 is 0 Å². The molecule has 1 heterocycles. The lowest BCUT2D eigenvalue weighted by molar-refractivity contribution is -0.123. The molecule has 1 aliphatic rings. The lowest BCUT2D eigenvalue weighted by Gasteiger charge is -2.29. The van der Waals surface area contributed by atoms with Crippen molar-refractivity contribution in [3.8, 4) is 0 Å². The van der Waals surface area contributed by atoms with Crippen LogP contribution in [-0.2, 0) is 17.1 Å². The van der Waals surface area contributed by atoms with E-state index in [9.17, 15) is 4.79 Å². The number of nitrogens with one attached hydrogen (secondary N) is 1. The van der Waals surface area contributed by atoms with Crippen molar-refractivity contribution in [2.45, 2.75) is 43.5 Å². The van der Waals surface area contributed by atoms with Crippen molar-refractivity contribution in [1.29, 1.82) is 0 Å². The molecule has 0 spiro atoms. The van der Waals surface area contributed by atoms with E-state index in [0.717, 1.165) is 48.3 Å². The summed E-state index contributed by atoms with van der Waals surface area (Å²) in [6.07, 6.45) is 6.30. The summed E-state index contributed by atoms with van der Waals surface area (Å²) in [7, 11) is 0. The van der Waals surface area contributed by atoms with Gasteiger partial charge < -0.3 is 15.6 Å². The van der Waals surface area contributed by atoms with E-state index in [0.29, 0.717) is 13.1 Å². The van der Waals surface area contributed by atoms with Gasteiger partial charge in [-0.2, -0.15) is 11.8 Å². The highest BCUT2D eigenvalue weighted by Crippen LogP contribution is 2.28. The third-order valence-corrected chi connectivity index (χ3v) is 5.21. The number of carbonyl (C=O) groups excluding carboxylic acids is 1. The fourth-order valence-electron chi connectivity index (χ4n) is 3.45. The minimum absolute atomic E-state index is 0.0304. The molecule has 124 valence electrons. The maximum absolute atomic E-state index is 12.6. The van der Waals surface area contributed by atoms with Gasteiger partial charge in [-0.15, -0.1) is 0 Å². The minimum Gasteiger partial charge on any atom is -0.348 e. The minimum atomic E-state index is -0.201. The number of para-hydroxylation sites is 2. The van der Waals surface area contributed by atoms with Gasteiger partial charge in [0.05, 0.1) is 22.3 Å². The normalized spacial score (nSPS) is 16.8. The van der Waals surface area contributed by atoms with Gasteiger partial charge >= 0.3 is 0 Å². The molecule has 1 aliphatic carbocycles. The van der Waals surface area contributed by atoms with Gasteiger partial charge in [0.1, 0.15) is 12.4 Å². The second-order valence-electron chi connectivity index (χ2n) is 6.28. The Morgan fingerprint density at radius 2 is 2.13 bits per heavy atom. The summed E-state index contributed by atoms with van der Waals surface area (Å²) in [6.45, 7) is 0.819. The molecule has 0 bridgehead atoms. The molecule has 6 heteroatoms. The number of benzene rings is 1. The lowest BCUT2D eigenvalue weighted by Crippen LogP contribution is -2.52. The molecule has 3 N–H and O–H groups in total. The Balaban J connectivity index is 1.82. The highest BCUT2D eigenvalue weighted by molar-refractivity contribution is 7.97. The van der Waals surface area contributed by atoms with Crippen molar-refractivity contribution in [2.75, 3.05) is 12.8 Å². The number of nitrogens with zero attached hydrogens (tertiary/aromatic N) is 2. The van der Waals surface area contributed by atoms with Gasteiger partial charge in [0.25, 0.3) is 0 Å². The van der Waals surface area contributed by atoms with Crippen LogP contribution < -0.4 is 11.1 Å². The van der Waals surface area contributed by atoms with Crippen molar-refractivity contribution in [2.24, 2.45) is 5.73 Å². The first-order valence-electron chi connectivity index (χ1n) is 8.12. The predicted molar refractivity (Wildman–Crippen MR) is 95.3 cm³/mol. The number of rotatable bonds is 6. The lowest BCUT2D eigenvalue weighted by atomic mass is 9.98.